The first-order valence-electron chi connectivity index (χ1n) is 5.40. The molecule has 15 heavy (non-hydrogen) atoms. The Morgan fingerprint density at radius 2 is 1.67 bits per heavy atom. The Hall–Kier alpha value is -1.04. The van der Waals surface area contributed by atoms with Crippen molar-refractivity contribution < 1.29 is 0 Å². The first-order valence-corrected chi connectivity index (χ1v) is 8.90. The van der Waals surface area contributed by atoms with Gasteiger partial charge in [-0.1, -0.05) is 49.5 Å². The molecule has 1 heteroatoms. The maximum atomic E-state index is 3.41. The van der Waals surface area contributed by atoms with E-state index in [1.54, 1.807) is 0 Å². The molecule has 0 aliphatic carbocycles. The number of hydrogen-bond donors (Lipinski definition) is 0. The summed E-state index contributed by atoms with van der Waals surface area (Å²) in [5, 5.41) is 1.42. The van der Waals surface area contributed by atoms with Crippen molar-refractivity contribution in [2.24, 2.45) is 0 Å². The highest BCUT2D eigenvalue weighted by molar-refractivity contribution is 6.82. The van der Waals surface area contributed by atoms with E-state index in [0.717, 1.165) is 0 Å². The highest BCUT2D eigenvalue weighted by Crippen LogP contribution is 2.12. The van der Waals surface area contributed by atoms with Crippen LogP contribution in [0.3, 0.4) is 0 Å². The lowest BCUT2D eigenvalue weighted by Crippen LogP contribution is -2.21. The molecule has 0 atom stereocenters. The second-order valence-electron chi connectivity index (χ2n) is 5.07. The fourth-order valence-corrected chi connectivity index (χ4v) is 1.58. The molecule has 0 heterocycles. The topological polar surface area (TPSA) is 0 Å². The number of hydrogen-bond acceptors (Lipinski definition) is 0. The minimum absolute atomic E-state index is 1.15. The summed E-state index contributed by atoms with van der Waals surface area (Å²) < 4.78 is 0. The van der Waals surface area contributed by atoms with Crippen LogP contribution >= 0.6 is 0 Å². The van der Waals surface area contributed by atoms with Crippen molar-refractivity contribution in [1.82, 2.24) is 0 Å². The summed E-state index contributed by atoms with van der Waals surface area (Å²) in [6, 6.07) is 8.55. The molecule has 0 unspecified atom stereocenters. The summed E-state index contributed by atoms with van der Waals surface area (Å²) in [5.74, 6) is 0. The molecule has 0 aliphatic rings. The van der Waals surface area contributed by atoms with Crippen LogP contribution in [0.1, 0.15) is 18.1 Å². The summed E-state index contributed by atoms with van der Waals surface area (Å²) in [7, 11) is -1.15. The van der Waals surface area contributed by atoms with Crippen LogP contribution in [0.15, 0.2) is 35.2 Å². The van der Waals surface area contributed by atoms with Gasteiger partial charge in [0.2, 0.25) is 0 Å². The molecule has 1 aromatic carbocycles. The average molecular weight is 216 g/mol. The zero-order valence-electron chi connectivity index (χ0n) is 10.4. The van der Waals surface area contributed by atoms with Crippen molar-refractivity contribution in [3.8, 4) is 0 Å². The Balaban J connectivity index is 2.95. The van der Waals surface area contributed by atoms with E-state index in [0.29, 0.717) is 0 Å². The van der Waals surface area contributed by atoms with E-state index in [1.165, 1.54) is 16.3 Å². The number of allylic oxidation sites excluding steroid dienone is 1. The molecule has 0 fully saturated rings. The van der Waals surface area contributed by atoms with Gasteiger partial charge in [0.25, 0.3) is 0 Å². The van der Waals surface area contributed by atoms with Crippen LogP contribution in [0.4, 0.5) is 0 Å². The fraction of sp³-hybridized carbons (Fsp3) is 0.357. The van der Waals surface area contributed by atoms with E-state index < -0.39 is 8.07 Å². The minimum atomic E-state index is -1.15. The molecular weight excluding hydrogens is 196 g/mol. The van der Waals surface area contributed by atoms with Gasteiger partial charge in [-0.05, 0) is 30.7 Å². The molecule has 80 valence electrons. The third kappa shape index (κ3) is 3.91. The summed E-state index contributed by atoms with van der Waals surface area (Å²) in [6.45, 7) is 11.3. The van der Waals surface area contributed by atoms with Gasteiger partial charge in [-0.3, -0.25) is 0 Å². The Kier molecular flexibility index (Phi) is 3.73. The normalized spacial score (nSPS) is 10.7. The third-order valence-corrected chi connectivity index (χ3v) is 5.05. The molecule has 1 rings (SSSR count). The second-order valence-corrected chi connectivity index (χ2v) is 10.3. The van der Waals surface area contributed by atoms with E-state index in [-0.39, 0.29) is 0 Å². The molecule has 0 radical (unpaired) electrons. The van der Waals surface area contributed by atoms with Crippen LogP contribution < -0.4 is 0 Å². The van der Waals surface area contributed by atoms with Gasteiger partial charge in [-0.15, -0.1) is 5.73 Å². The van der Waals surface area contributed by atoms with E-state index in [4.69, 9.17) is 0 Å². The molecule has 0 N–H and O–H groups in total. The Bertz CT molecular complexity index is 384. The van der Waals surface area contributed by atoms with Crippen LogP contribution in [0, 0.1) is 6.92 Å². The molecule has 0 aromatic heterocycles. The molecule has 0 bridgehead atoms. The Morgan fingerprint density at radius 1 is 1.13 bits per heavy atom. The molecule has 0 nitrogen and oxygen atoms in total. The van der Waals surface area contributed by atoms with Crippen molar-refractivity contribution in [3.63, 3.8) is 0 Å². The van der Waals surface area contributed by atoms with Crippen molar-refractivity contribution in [1.29, 1.82) is 0 Å². The van der Waals surface area contributed by atoms with Crippen LogP contribution in [0.2, 0.25) is 19.6 Å². The van der Waals surface area contributed by atoms with Gasteiger partial charge in [-0.25, -0.2) is 0 Å². The molecule has 0 spiro atoms. The van der Waals surface area contributed by atoms with Gasteiger partial charge in [0, 0.05) is 0 Å². The molecule has 0 amide bonds. The summed E-state index contributed by atoms with van der Waals surface area (Å²) in [4.78, 5) is 0. The maximum absolute atomic E-state index is 3.41. The highest BCUT2D eigenvalue weighted by atomic mass is 28.3. The molecular formula is C14H20Si. The third-order valence-electron chi connectivity index (χ3n) is 2.66. The lowest BCUT2D eigenvalue weighted by molar-refractivity contribution is 1.46. The largest absolute Gasteiger partial charge is 0.126 e. The standard InChI is InChI=1S/C14H20Si/c1-12-6-9-14(10-7-12)11-8-13(2)15(3,4)5/h6-7,9-11H,1-5H3. The molecule has 1 aromatic rings. The van der Waals surface area contributed by atoms with Gasteiger partial charge in [0.1, 0.15) is 0 Å². The minimum Gasteiger partial charge on any atom is -0.126 e. The monoisotopic (exact) mass is 216 g/mol. The summed E-state index contributed by atoms with van der Waals surface area (Å²) in [6.07, 6.45) is 2.09. The predicted octanol–water partition coefficient (Wildman–Crippen LogP) is 4.43. The van der Waals surface area contributed by atoms with E-state index in [1.807, 2.05) is 0 Å². The number of rotatable bonds is 2. The summed E-state index contributed by atoms with van der Waals surface area (Å²) >= 11 is 0. The highest BCUT2D eigenvalue weighted by Gasteiger charge is 2.14. The number of benzene rings is 1. The molecule has 0 aliphatic heterocycles. The van der Waals surface area contributed by atoms with Crippen LogP contribution in [-0.2, 0) is 0 Å². The zero-order chi connectivity index (χ0) is 11.5. The van der Waals surface area contributed by atoms with Gasteiger partial charge in [0.05, 0.1) is 8.07 Å². The smallest absolute Gasteiger partial charge is 0.0819 e. The molecule has 0 saturated carbocycles. The van der Waals surface area contributed by atoms with Crippen LogP contribution in [-0.4, -0.2) is 8.07 Å². The average Bonchev–Trinajstić information content (AvgIpc) is 2.15. The number of aryl methyl sites for hydroxylation is 1. The summed E-state index contributed by atoms with van der Waals surface area (Å²) in [5.41, 5.74) is 5.95. The predicted molar refractivity (Wildman–Crippen MR) is 71.7 cm³/mol. The SMILES string of the molecule is CC(=C=Cc1ccc(C)cc1)[Si](C)(C)C. The van der Waals surface area contributed by atoms with E-state index >= 15 is 0 Å². The van der Waals surface area contributed by atoms with Gasteiger partial charge in [0.15, 0.2) is 0 Å². The van der Waals surface area contributed by atoms with Gasteiger partial charge < -0.3 is 0 Å². The van der Waals surface area contributed by atoms with E-state index in [9.17, 15) is 0 Å². The van der Waals surface area contributed by atoms with Gasteiger partial charge >= 0.3 is 0 Å². The zero-order valence-corrected chi connectivity index (χ0v) is 11.4. The lowest BCUT2D eigenvalue weighted by Gasteiger charge is -2.13. The Labute approximate surface area is 94.4 Å². The van der Waals surface area contributed by atoms with E-state index in [2.05, 4.69) is 69.6 Å². The quantitative estimate of drug-likeness (QED) is 0.507. The van der Waals surface area contributed by atoms with Gasteiger partial charge in [-0.2, -0.15) is 0 Å². The van der Waals surface area contributed by atoms with Crippen molar-refractivity contribution in [3.05, 3.63) is 46.3 Å². The van der Waals surface area contributed by atoms with Crippen molar-refractivity contribution in [2.75, 3.05) is 0 Å². The van der Waals surface area contributed by atoms with Crippen LogP contribution in [0.25, 0.3) is 6.08 Å². The first kappa shape index (κ1) is 12.0. The fourth-order valence-electron chi connectivity index (χ4n) is 1.07. The van der Waals surface area contributed by atoms with Crippen molar-refractivity contribution >= 4 is 14.1 Å². The Morgan fingerprint density at radius 3 is 2.13 bits per heavy atom. The second kappa shape index (κ2) is 4.65. The maximum Gasteiger partial charge on any atom is 0.0819 e. The van der Waals surface area contributed by atoms with Crippen LogP contribution in [0.5, 0.6) is 0 Å². The lowest BCUT2D eigenvalue weighted by atomic mass is 10.1. The van der Waals surface area contributed by atoms with Crippen molar-refractivity contribution in [2.45, 2.75) is 33.5 Å². The molecule has 0 saturated heterocycles. The first-order chi connectivity index (χ1) is 6.89.